The minimum absolute atomic E-state index is 0.0691. The van der Waals surface area contributed by atoms with Crippen LogP contribution in [0.5, 0.6) is 0 Å². The van der Waals surface area contributed by atoms with Gasteiger partial charge in [0.2, 0.25) is 0 Å². The third-order valence-electron chi connectivity index (χ3n) is 14.4. The average molecular weight is 1010 g/mol. The van der Waals surface area contributed by atoms with Gasteiger partial charge in [0.1, 0.15) is 13.2 Å². The molecule has 6 heteroatoms. The van der Waals surface area contributed by atoms with Crippen LogP contribution in [0, 0.1) is 0 Å². The van der Waals surface area contributed by atoms with Gasteiger partial charge >= 0.3 is 17.9 Å². The van der Waals surface area contributed by atoms with E-state index >= 15 is 0 Å². The first kappa shape index (κ1) is 69.6. The Morgan fingerprint density at radius 2 is 0.500 bits per heavy atom. The molecule has 0 bridgehead atoms. The van der Waals surface area contributed by atoms with Crippen molar-refractivity contribution in [1.82, 2.24) is 0 Å². The zero-order valence-corrected chi connectivity index (χ0v) is 48.5. The molecule has 0 spiro atoms. The maximum absolute atomic E-state index is 12.9. The van der Waals surface area contributed by atoms with Crippen LogP contribution in [0.15, 0.2) is 36.5 Å². The van der Waals surface area contributed by atoms with Gasteiger partial charge in [-0.3, -0.25) is 14.4 Å². The number of ether oxygens (including phenoxy) is 3. The van der Waals surface area contributed by atoms with Gasteiger partial charge < -0.3 is 14.2 Å². The first-order valence-corrected chi connectivity index (χ1v) is 32.0. The summed E-state index contributed by atoms with van der Waals surface area (Å²) in [5.41, 5.74) is 0. The summed E-state index contributed by atoms with van der Waals surface area (Å²) in [6, 6.07) is 0. The molecule has 422 valence electrons. The van der Waals surface area contributed by atoms with Gasteiger partial charge in [0, 0.05) is 19.3 Å². The standard InChI is InChI=1S/C66H122O6/c1-4-7-10-13-16-19-22-25-27-29-31-32-33-34-36-37-39-41-44-47-50-53-56-59-65(68)71-62-63(61-70-64(67)58-55-52-49-46-43-24-21-18-15-12-9-6-3)72-66(69)60-57-54-51-48-45-42-40-38-35-30-28-26-23-20-17-14-11-8-5-2/h22,25,29,31,33-34,63H,4-21,23-24,26-28,30,32,35-62H2,1-3H3/b25-22-,31-29-,34-33-. The summed E-state index contributed by atoms with van der Waals surface area (Å²) in [6.45, 7) is 6.68. The van der Waals surface area contributed by atoms with Gasteiger partial charge in [-0.1, -0.05) is 308 Å². The van der Waals surface area contributed by atoms with Crippen molar-refractivity contribution in [2.75, 3.05) is 13.2 Å². The molecule has 1 atom stereocenters. The molecule has 6 nitrogen and oxygen atoms in total. The molecule has 0 rings (SSSR count). The largest absolute Gasteiger partial charge is 0.462 e. The van der Waals surface area contributed by atoms with E-state index in [0.717, 1.165) is 77.0 Å². The van der Waals surface area contributed by atoms with Gasteiger partial charge in [-0.05, 0) is 57.8 Å². The quantitative estimate of drug-likeness (QED) is 0.0261. The van der Waals surface area contributed by atoms with E-state index < -0.39 is 6.10 Å². The minimum Gasteiger partial charge on any atom is -0.462 e. The van der Waals surface area contributed by atoms with Crippen molar-refractivity contribution in [3.63, 3.8) is 0 Å². The summed E-state index contributed by atoms with van der Waals surface area (Å²) in [5, 5.41) is 0. The lowest BCUT2D eigenvalue weighted by atomic mass is 10.0. The summed E-state index contributed by atoms with van der Waals surface area (Å²) in [5.74, 6) is -0.852. The lowest BCUT2D eigenvalue weighted by Gasteiger charge is -2.18. The van der Waals surface area contributed by atoms with Gasteiger partial charge in [0.15, 0.2) is 6.10 Å². The minimum atomic E-state index is -0.771. The Labute approximate surface area is 448 Å². The molecule has 1 unspecified atom stereocenters. The van der Waals surface area contributed by atoms with Crippen molar-refractivity contribution < 1.29 is 28.6 Å². The topological polar surface area (TPSA) is 78.9 Å². The molecule has 0 aromatic carbocycles. The number of hydrogen-bond donors (Lipinski definition) is 0. The van der Waals surface area contributed by atoms with E-state index in [1.54, 1.807) is 0 Å². The van der Waals surface area contributed by atoms with E-state index in [2.05, 4.69) is 57.2 Å². The molecule has 0 aliphatic rings. The van der Waals surface area contributed by atoms with Crippen molar-refractivity contribution in [3.05, 3.63) is 36.5 Å². The summed E-state index contributed by atoms with van der Waals surface area (Å²) in [4.78, 5) is 38.3. The molecular formula is C66H122O6. The summed E-state index contributed by atoms with van der Waals surface area (Å²) in [6.07, 6.45) is 74.3. The SMILES string of the molecule is CCCCCCC/C=C\C/C=C\C/C=C\CCCCCCCCCCC(=O)OCC(COC(=O)CCCCCCCCCCCCCC)OC(=O)CCCCCCCCCCCCCCCCCCCCC. The van der Waals surface area contributed by atoms with Crippen LogP contribution in [-0.4, -0.2) is 37.2 Å². The Bertz CT molecular complexity index is 1210. The molecule has 0 aromatic rings. The van der Waals surface area contributed by atoms with Crippen molar-refractivity contribution in [2.24, 2.45) is 0 Å². The van der Waals surface area contributed by atoms with Crippen LogP contribution in [0.3, 0.4) is 0 Å². The maximum Gasteiger partial charge on any atom is 0.306 e. The first-order chi connectivity index (χ1) is 35.5. The van der Waals surface area contributed by atoms with E-state index in [9.17, 15) is 14.4 Å². The third kappa shape index (κ3) is 58.5. The third-order valence-corrected chi connectivity index (χ3v) is 14.4. The predicted molar refractivity (Wildman–Crippen MR) is 312 cm³/mol. The van der Waals surface area contributed by atoms with Crippen molar-refractivity contribution >= 4 is 17.9 Å². The number of hydrogen-bond acceptors (Lipinski definition) is 6. The van der Waals surface area contributed by atoms with Crippen LogP contribution < -0.4 is 0 Å². The second kappa shape index (κ2) is 61.2. The molecule has 0 aliphatic carbocycles. The Kier molecular flexibility index (Phi) is 59.2. The van der Waals surface area contributed by atoms with Crippen molar-refractivity contribution in [2.45, 2.75) is 354 Å². The molecule has 0 amide bonds. The first-order valence-electron chi connectivity index (χ1n) is 32.0. The molecule has 0 aromatic heterocycles. The monoisotopic (exact) mass is 1010 g/mol. The van der Waals surface area contributed by atoms with Crippen molar-refractivity contribution in [3.8, 4) is 0 Å². The zero-order chi connectivity index (χ0) is 52.2. The number of carbonyl (C=O) groups is 3. The fraction of sp³-hybridized carbons (Fsp3) is 0.864. The Balaban J connectivity index is 4.28. The number of rotatable bonds is 59. The fourth-order valence-electron chi connectivity index (χ4n) is 9.57. The second-order valence-electron chi connectivity index (χ2n) is 21.7. The van der Waals surface area contributed by atoms with Crippen molar-refractivity contribution in [1.29, 1.82) is 0 Å². The number of esters is 3. The molecule has 0 saturated carbocycles. The van der Waals surface area contributed by atoms with E-state index in [1.165, 1.54) is 231 Å². The molecule has 0 saturated heterocycles. The molecular weight excluding hydrogens is 889 g/mol. The van der Waals surface area contributed by atoms with Crippen LogP contribution in [0.4, 0.5) is 0 Å². The van der Waals surface area contributed by atoms with E-state index in [-0.39, 0.29) is 31.1 Å². The highest BCUT2D eigenvalue weighted by molar-refractivity contribution is 5.71. The smallest absolute Gasteiger partial charge is 0.306 e. The number of unbranched alkanes of at least 4 members (excludes halogenated alkanes) is 42. The molecule has 0 heterocycles. The Morgan fingerprint density at radius 1 is 0.278 bits per heavy atom. The predicted octanol–water partition coefficient (Wildman–Crippen LogP) is 21.6. The molecule has 72 heavy (non-hydrogen) atoms. The molecule has 0 N–H and O–H groups in total. The number of carbonyl (C=O) groups excluding carboxylic acids is 3. The molecule has 0 aliphatic heterocycles. The lowest BCUT2D eigenvalue weighted by Crippen LogP contribution is -2.30. The van der Waals surface area contributed by atoms with Crippen LogP contribution in [0.2, 0.25) is 0 Å². The fourth-order valence-corrected chi connectivity index (χ4v) is 9.57. The van der Waals surface area contributed by atoms with Crippen LogP contribution >= 0.6 is 0 Å². The van der Waals surface area contributed by atoms with E-state index in [4.69, 9.17) is 14.2 Å². The highest BCUT2D eigenvalue weighted by Crippen LogP contribution is 2.17. The molecule has 0 radical (unpaired) electrons. The summed E-state index contributed by atoms with van der Waals surface area (Å²) >= 11 is 0. The normalized spacial score (nSPS) is 12.2. The van der Waals surface area contributed by atoms with E-state index in [0.29, 0.717) is 19.3 Å². The van der Waals surface area contributed by atoms with Crippen LogP contribution in [0.25, 0.3) is 0 Å². The second-order valence-corrected chi connectivity index (χ2v) is 21.7. The van der Waals surface area contributed by atoms with Gasteiger partial charge in [0.25, 0.3) is 0 Å². The summed E-state index contributed by atoms with van der Waals surface area (Å²) < 4.78 is 16.9. The highest BCUT2D eigenvalue weighted by atomic mass is 16.6. The zero-order valence-electron chi connectivity index (χ0n) is 48.5. The highest BCUT2D eigenvalue weighted by Gasteiger charge is 2.19. The Hall–Kier alpha value is -2.37. The lowest BCUT2D eigenvalue weighted by molar-refractivity contribution is -0.167. The van der Waals surface area contributed by atoms with Gasteiger partial charge in [-0.25, -0.2) is 0 Å². The summed E-state index contributed by atoms with van der Waals surface area (Å²) in [7, 11) is 0. The van der Waals surface area contributed by atoms with E-state index in [1.807, 2.05) is 0 Å². The molecule has 0 fully saturated rings. The maximum atomic E-state index is 12.9. The van der Waals surface area contributed by atoms with Crippen LogP contribution in [-0.2, 0) is 28.6 Å². The number of allylic oxidation sites excluding steroid dienone is 6. The van der Waals surface area contributed by atoms with Gasteiger partial charge in [0.05, 0.1) is 0 Å². The Morgan fingerprint density at radius 3 is 0.778 bits per heavy atom. The van der Waals surface area contributed by atoms with Crippen LogP contribution in [0.1, 0.15) is 348 Å². The average Bonchev–Trinajstić information content (AvgIpc) is 3.38. The van der Waals surface area contributed by atoms with Gasteiger partial charge in [-0.15, -0.1) is 0 Å². The van der Waals surface area contributed by atoms with Gasteiger partial charge in [-0.2, -0.15) is 0 Å².